The van der Waals surface area contributed by atoms with Gasteiger partial charge in [0.2, 0.25) is 0 Å². The van der Waals surface area contributed by atoms with Gasteiger partial charge in [-0.1, -0.05) is 12.1 Å². The van der Waals surface area contributed by atoms with Crippen LogP contribution in [0.25, 0.3) is 0 Å². The van der Waals surface area contributed by atoms with Gasteiger partial charge in [0, 0.05) is 12.6 Å². The number of rotatable bonds is 9. The van der Waals surface area contributed by atoms with E-state index >= 15 is 0 Å². The highest BCUT2D eigenvalue weighted by Crippen LogP contribution is 2.13. The van der Waals surface area contributed by atoms with Crippen molar-refractivity contribution in [1.82, 2.24) is 0 Å². The smallest absolute Gasteiger partial charge is 0.261 e. The predicted molar refractivity (Wildman–Crippen MR) is 70.7 cm³/mol. The van der Waals surface area contributed by atoms with Gasteiger partial charge in [-0.05, 0) is 37.0 Å². The molecule has 0 spiro atoms. The van der Waals surface area contributed by atoms with Crippen molar-refractivity contribution >= 4 is 0 Å². The average Bonchev–Trinajstić information content (AvgIpc) is 2.41. The summed E-state index contributed by atoms with van der Waals surface area (Å²) in [6.45, 7) is -0.223. The normalized spacial score (nSPS) is 12.7. The van der Waals surface area contributed by atoms with E-state index in [1.165, 1.54) is 5.56 Å². The second kappa shape index (κ2) is 8.82. The molecule has 5 heteroatoms. The van der Waals surface area contributed by atoms with Gasteiger partial charge in [0.1, 0.15) is 12.4 Å². The molecule has 108 valence electrons. The van der Waals surface area contributed by atoms with Crippen LogP contribution in [0.1, 0.15) is 18.4 Å². The van der Waals surface area contributed by atoms with Crippen LogP contribution in [0.5, 0.6) is 5.75 Å². The lowest BCUT2D eigenvalue weighted by molar-refractivity contribution is 0.0151. The lowest BCUT2D eigenvalue weighted by Gasteiger charge is -2.12. The van der Waals surface area contributed by atoms with Crippen molar-refractivity contribution in [2.75, 3.05) is 20.3 Å². The number of ether oxygens (including phenoxy) is 2. The Labute approximate surface area is 112 Å². The molecule has 0 aromatic heterocycles. The van der Waals surface area contributed by atoms with Crippen LogP contribution in [0.2, 0.25) is 0 Å². The van der Waals surface area contributed by atoms with E-state index in [1.807, 2.05) is 24.3 Å². The Morgan fingerprint density at radius 1 is 1.16 bits per heavy atom. The quantitative estimate of drug-likeness (QED) is 0.703. The minimum absolute atomic E-state index is 0.0280. The van der Waals surface area contributed by atoms with Crippen molar-refractivity contribution in [3.05, 3.63) is 29.8 Å². The number of hydrogen-bond acceptors (Lipinski definition) is 3. The van der Waals surface area contributed by atoms with Crippen LogP contribution in [0.15, 0.2) is 24.3 Å². The van der Waals surface area contributed by atoms with Gasteiger partial charge in [-0.25, -0.2) is 8.78 Å². The number of benzene rings is 1. The molecule has 0 heterocycles. The first-order chi connectivity index (χ1) is 9.11. The van der Waals surface area contributed by atoms with Gasteiger partial charge in [0.25, 0.3) is 6.43 Å². The van der Waals surface area contributed by atoms with E-state index in [2.05, 4.69) is 0 Å². The zero-order valence-corrected chi connectivity index (χ0v) is 11.1. The number of halogens is 2. The zero-order chi connectivity index (χ0) is 14.1. The molecule has 0 aliphatic carbocycles. The fraction of sp³-hybridized carbons (Fsp3) is 0.571. The Morgan fingerprint density at radius 2 is 1.84 bits per heavy atom. The second-order valence-corrected chi connectivity index (χ2v) is 4.40. The maximum absolute atomic E-state index is 11.8. The number of methoxy groups -OCH3 is 1. The van der Waals surface area contributed by atoms with E-state index < -0.39 is 13.0 Å². The van der Waals surface area contributed by atoms with Crippen LogP contribution in [-0.4, -0.2) is 32.8 Å². The topological polar surface area (TPSA) is 44.5 Å². The summed E-state index contributed by atoms with van der Waals surface area (Å²) in [5.41, 5.74) is 7.09. The van der Waals surface area contributed by atoms with E-state index in [4.69, 9.17) is 15.2 Å². The molecule has 1 rings (SSSR count). The molecule has 0 fully saturated rings. The van der Waals surface area contributed by atoms with E-state index in [0.717, 1.165) is 18.6 Å². The van der Waals surface area contributed by atoms with Crippen molar-refractivity contribution in [2.45, 2.75) is 31.7 Å². The van der Waals surface area contributed by atoms with Crippen molar-refractivity contribution in [3.8, 4) is 5.75 Å². The minimum atomic E-state index is -2.41. The summed E-state index contributed by atoms with van der Waals surface area (Å²) in [7, 11) is 1.63. The van der Waals surface area contributed by atoms with Gasteiger partial charge in [0.05, 0.1) is 7.11 Å². The highest BCUT2D eigenvalue weighted by atomic mass is 19.3. The molecule has 0 amide bonds. The minimum Gasteiger partial charge on any atom is -0.497 e. The number of alkyl halides is 2. The Kier molecular flexibility index (Phi) is 7.36. The lowest BCUT2D eigenvalue weighted by Crippen LogP contribution is -2.23. The fourth-order valence-corrected chi connectivity index (χ4v) is 1.70. The zero-order valence-electron chi connectivity index (χ0n) is 11.1. The molecule has 1 atom stereocenters. The molecule has 3 nitrogen and oxygen atoms in total. The third-order valence-corrected chi connectivity index (χ3v) is 2.84. The summed E-state index contributed by atoms with van der Waals surface area (Å²) in [6, 6.07) is 7.79. The van der Waals surface area contributed by atoms with Gasteiger partial charge in [-0.2, -0.15) is 0 Å². The van der Waals surface area contributed by atoms with Crippen LogP contribution < -0.4 is 10.5 Å². The maximum atomic E-state index is 11.8. The van der Waals surface area contributed by atoms with E-state index in [-0.39, 0.29) is 12.6 Å². The molecular formula is C14H21F2NO2. The van der Waals surface area contributed by atoms with Gasteiger partial charge in [0.15, 0.2) is 0 Å². The second-order valence-electron chi connectivity index (χ2n) is 4.40. The molecule has 0 aliphatic rings. The standard InChI is InChI=1S/C14H21F2NO2/c1-18-13-6-3-11(4-7-13)2-5-12(17)8-9-19-10-14(15)16/h3-4,6-7,12,14H,2,5,8-10,17H2,1H3. The van der Waals surface area contributed by atoms with Gasteiger partial charge in [-0.15, -0.1) is 0 Å². The van der Waals surface area contributed by atoms with Crippen LogP contribution in [0.4, 0.5) is 8.78 Å². The molecule has 0 radical (unpaired) electrons. The summed E-state index contributed by atoms with van der Waals surface area (Å²) in [5.74, 6) is 0.827. The molecule has 0 saturated heterocycles. The van der Waals surface area contributed by atoms with Gasteiger partial charge >= 0.3 is 0 Å². The molecule has 0 aliphatic heterocycles. The third kappa shape index (κ3) is 7.08. The first-order valence-electron chi connectivity index (χ1n) is 6.36. The predicted octanol–water partition coefficient (Wildman–Crippen LogP) is 2.63. The van der Waals surface area contributed by atoms with Crippen LogP contribution in [0, 0.1) is 0 Å². The average molecular weight is 273 g/mol. The molecule has 0 saturated carbocycles. The van der Waals surface area contributed by atoms with Crippen LogP contribution >= 0.6 is 0 Å². The molecule has 2 N–H and O–H groups in total. The van der Waals surface area contributed by atoms with Crippen molar-refractivity contribution in [3.63, 3.8) is 0 Å². The first-order valence-corrected chi connectivity index (χ1v) is 6.36. The molecule has 19 heavy (non-hydrogen) atoms. The summed E-state index contributed by atoms with van der Waals surface area (Å²) < 4.78 is 33.5. The monoisotopic (exact) mass is 273 g/mol. The Hall–Kier alpha value is -1.20. The molecular weight excluding hydrogens is 252 g/mol. The summed E-state index contributed by atoms with van der Waals surface area (Å²) in [6.07, 6.45) is -0.136. The Balaban J connectivity index is 2.16. The largest absolute Gasteiger partial charge is 0.497 e. The van der Waals surface area contributed by atoms with E-state index in [0.29, 0.717) is 6.42 Å². The van der Waals surface area contributed by atoms with E-state index in [9.17, 15) is 8.78 Å². The third-order valence-electron chi connectivity index (χ3n) is 2.84. The molecule has 1 aromatic carbocycles. The summed E-state index contributed by atoms with van der Waals surface area (Å²) >= 11 is 0. The highest BCUT2D eigenvalue weighted by molar-refractivity contribution is 5.27. The number of nitrogens with two attached hydrogens (primary N) is 1. The lowest BCUT2D eigenvalue weighted by atomic mass is 10.0. The first kappa shape index (κ1) is 15.9. The van der Waals surface area contributed by atoms with Crippen LogP contribution in [0.3, 0.4) is 0 Å². The highest BCUT2D eigenvalue weighted by Gasteiger charge is 2.06. The molecule has 0 bridgehead atoms. The SMILES string of the molecule is COc1ccc(CCC(N)CCOCC(F)F)cc1. The molecule has 1 aromatic rings. The number of hydrogen-bond donors (Lipinski definition) is 1. The fourth-order valence-electron chi connectivity index (χ4n) is 1.70. The van der Waals surface area contributed by atoms with E-state index in [1.54, 1.807) is 7.11 Å². The van der Waals surface area contributed by atoms with Crippen molar-refractivity contribution in [2.24, 2.45) is 5.73 Å². The summed E-state index contributed by atoms with van der Waals surface area (Å²) in [5, 5.41) is 0. The Morgan fingerprint density at radius 3 is 2.42 bits per heavy atom. The van der Waals surface area contributed by atoms with Crippen molar-refractivity contribution in [1.29, 1.82) is 0 Å². The van der Waals surface area contributed by atoms with Crippen molar-refractivity contribution < 1.29 is 18.3 Å². The number of aryl methyl sites for hydroxylation is 1. The molecule has 1 unspecified atom stereocenters. The van der Waals surface area contributed by atoms with Gasteiger partial charge < -0.3 is 15.2 Å². The summed E-state index contributed by atoms with van der Waals surface area (Å²) in [4.78, 5) is 0. The Bertz CT molecular complexity index is 344. The van der Waals surface area contributed by atoms with Crippen LogP contribution in [-0.2, 0) is 11.2 Å². The van der Waals surface area contributed by atoms with Gasteiger partial charge in [-0.3, -0.25) is 0 Å². The maximum Gasteiger partial charge on any atom is 0.261 e.